The summed E-state index contributed by atoms with van der Waals surface area (Å²) < 4.78 is 19.7. The maximum Gasteiger partial charge on any atom is 0.419 e. The van der Waals surface area contributed by atoms with Gasteiger partial charge in [0.05, 0.1) is 32.2 Å². The van der Waals surface area contributed by atoms with E-state index in [0.29, 0.717) is 21.8 Å². The first-order valence-electron chi connectivity index (χ1n) is 15.5. The molecule has 9 nitrogen and oxygen atoms in total. The van der Waals surface area contributed by atoms with Gasteiger partial charge in [0.1, 0.15) is 23.0 Å². The van der Waals surface area contributed by atoms with Crippen LogP contribution in [0.3, 0.4) is 0 Å². The quantitative estimate of drug-likeness (QED) is 0.169. The van der Waals surface area contributed by atoms with Crippen LogP contribution in [0.5, 0.6) is 0 Å². The van der Waals surface area contributed by atoms with E-state index >= 15 is 0 Å². The summed E-state index contributed by atoms with van der Waals surface area (Å²) in [5.74, 6) is 0.205. The Labute approximate surface area is 292 Å². The van der Waals surface area contributed by atoms with Gasteiger partial charge in [-0.25, -0.2) is 19.3 Å². The van der Waals surface area contributed by atoms with Gasteiger partial charge < -0.3 is 4.74 Å². The maximum atomic E-state index is 13.8. The zero-order valence-electron chi connectivity index (χ0n) is 25.6. The van der Waals surface area contributed by atoms with Gasteiger partial charge in [-0.15, -0.1) is 22.7 Å². The Morgan fingerprint density at radius 3 is 2.34 bits per heavy atom. The molecule has 5 aromatic heterocycles. The summed E-state index contributed by atoms with van der Waals surface area (Å²) in [7, 11) is 0. The Morgan fingerprint density at radius 1 is 0.760 bits per heavy atom. The maximum absolute atomic E-state index is 13.8. The van der Waals surface area contributed by atoms with Crippen molar-refractivity contribution in [2.75, 3.05) is 0 Å². The molecule has 0 unspecified atom stereocenters. The first-order valence-corrected chi connectivity index (χ1v) is 17.9. The third kappa shape index (κ3) is 4.32. The SMILES string of the molecule is O=C(OCc1ccccc1)n1c2cc(-c3cnc(/N=c4\c(=O)c(=O)c5cc6ccccc6cc45)c4nsnc34)sc2c2sc3ccccc3c21. The lowest BCUT2D eigenvalue weighted by molar-refractivity contribution is 0.143. The molecule has 0 saturated heterocycles. The van der Waals surface area contributed by atoms with E-state index in [1.54, 1.807) is 39.5 Å². The lowest BCUT2D eigenvalue weighted by Crippen LogP contribution is -2.30. The highest BCUT2D eigenvalue weighted by Crippen LogP contribution is 2.47. The van der Waals surface area contributed by atoms with Crippen LogP contribution in [0.15, 0.2) is 118 Å². The number of thiophene rings is 2. The van der Waals surface area contributed by atoms with Gasteiger partial charge in [-0.2, -0.15) is 8.75 Å². The molecular weight excluding hydrogens is 687 g/mol. The van der Waals surface area contributed by atoms with Gasteiger partial charge in [0.2, 0.25) is 5.43 Å². The van der Waals surface area contributed by atoms with Crippen molar-refractivity contribution in [3.8, 4) is 10.4 Å². The number of aromatic nitrogens is 4. The number of carbonyl (C=O) groups is 1. The van der Waals surface area contributed by atoms with Gasteiger partial charge in [0, 0.05) is 37.5 Å². The first-order chi connectivity index (χ1) is 24.5. The van der Waals surface area contributed by atoms with Gasteiger partial charge in [-0.05, 0) is 40.6 Å². The van der Waals surface area contributed by atoms with Crippen molar-refractivity contribution >= 4 is 109 Å². The molecule has 0 atom stereocenters. The standard InChI is InChI=1S/C38H19N5O4S3/c44-33-24-15-21-11-5-4-10-20(21)14-23(24)30(34(33)45)40-37-31-29(41-50-42-31)25(17-39-37)28-16-26-35(49-28)36-32(22-12-6-7-13-27(22)48-36)43(26)38(46)47-18-19-8-2-1-3-9-19/h1-17H,18H2/b40-30-. The zero-order chi connectivity index (χ0) is 33.5. The summed E-state index contributed by atoms with van der Waals surface area (Å²) >= 11 is 4.19. The van der Waals surface area contributed by atoms with E-state index in [1.165, 1.54) is 0 Å². The van der Waals surface area contributed by atoms with Crippen molar-refractivity contribution in [2.45, 2.75) is 6.61 Å². The summed E-state index contributed by atoms with van der Waals surface area (Å²) in [4.78, 5) is 50.1. The van der Waals surface area contributed by atoms with Gasteiger partial charge >= 0.3 is 6.09 Å². The van der Waals surface area contributed by atoms with Crippen molar-refractivity contribution in [2.24, 2.45) is 4.99 Å². The summed E-state index contributed by atoms with van der Waals surface area (Å²) in [6.07, 6.45) is 1.20. The Morgan fingerprint density at radius 2 is 1.50 bits per heavy atom. The van der Waals surface area contributed by atoms with Crippen molar-refractivity contribution in [1.82, 2.24) is 18.3 Å². The summed E-state index contributed by atoms with van der Waals surface area (Å²) in [5, 5.41) is 3.61. The summed E-state index contributed by atoms with van der Waals surface area (Å²) in [5.41, 5.74) is 2.90. The van der Waals surface area contributed by atoms with Gasteiger partial charge in [0.15, 0.2) is 5.82 Å². The molecule has 0 radical (unpaired) electrons. The molecule has 5 aromatic carbocycles. The fourth-order valence-corrected chi connectivity index (χ4v) is 9.60. The van der Waals surface area contributed by atoms with Crippen molar-refractivity contribution < 1.29 is 9.53 Å². The van der Waals surface area contributed by atoms with Crippen LogP contribution in [-0.4, -0.2) is 24.4 Å². The molecule has 10 aromatic rings. The molecule has 12 heteroatoms. The van der Waals surface area contributed by atoms with Gasteiger partial charge in [-0.1, -0.05) is 72.8 Å². The minimum atomic E-state index is -0.675. The lowest BCUT2D eigenvalue weighted by Gasteiger charge is -2.07. The molecule has 0 fully saturated rings. The van der Waals surface area contributed by atoms with E-state index < -0.39 is 17.0 Å². The minimum Gasteiger partial charge on any atom is -0.444 e. The lowest BCUT2D eigenvalue weighted by atomic mass is 10.1. The van der Waals surface area contributed by atoms with Crippen LogP contribution in [0.2, 0.25) is 0 Å². The fourth-order valence-electron chi connectivity index (χ4n) is 6.56. The number of ether oxygens (including phenoxy) is 1. The number of carbonyl (C=O) groups excluding carboxylic acids is 1. The number of rotatable bonds is 4. The van der Waals surface area contributed by atoms with E-state index in [-0.39, 0.29) is 17.8 Å². The van der Waals surface area contributed by atoms with E-state index in [0.717, 1.165) is 69.0 Å². The highest BCUT2D eigenvalue weighted by molar-refractivity contribution is 7.32. The Bertz CT molecular complexity index is 3180. The van der Waals surface area contributed by atoms with Gasteiger partial charge in [-0.3, -0.25) is 9.59 Å². The Balaban J connectivity index is 1.13. The first kappa shape index (κ1) is 29.0. The number of fused-ring (bicyclic) bond motifs is 8. The van der Waals surface area contributed by atoms with E-state index in [9.17, 15) is 14.4 Å². The predicted octanol–water partition coefficient (Wildman–Crippen LogP) is 8.46. The van der Waals surface area contributed by atoms with Crippen LogP contribution in [0, 0.1) is 0 Å². The van der Waals surface area contributed by atoms with Gasteiger partial charge in [0.25, 0.3) is 5.43 Å². The van der Waals surface area contributed by atoms with Crippen LogP contribution in [0.4, 0.5) is 10.6 Å². The van der Waals surface area contributed by atoms with Crippen molar-refractivity contribution in [1.29, 1.82) is 0 Å². The van der Waals surface area contributed by atoms with Crippen LogP contribution in [0.25, 0.3) is 73.5 Å². The normalized spacial score (nSPS) is 12.4. The second-order valence-corrected chi connectivity index (χ2v) is 14.4. The Kier molecular flexibility index (Phi) is 6.40. The number of hydrogen-bond donors (Lipinski definition) is 0. The van der Waals surface area contributed by atoms with E-state index in [1.807, 2.05) is 84.9 Å². The molecule has 238 valence electrons. The zero-order valence-corrected chi connectivity index (χ0v) is 28.1. The molecule has 0 bridgehead atoms. The smallest absolute Gasteiger partial charge is 0.419 e. The second kappa shape index (κ2) is 11.0. The van der Waals surface area contributed by atoms with E-state index in [2.05, 4.69) is 24.8 Å². The Hall–Kier alpha value is -5.95. The molecule has 0 aliphatic rings. The van der Waals surface area contributed by atoms with Crippen LogP contribution < -0.4 is 16.2 Å². The second-order valence-electron chi connectivity index (χ2n) is 11.8. The summed E-state index contributed by atoms with van der Waals surface area (Å²) in [6.45, 7) is 0.147. The average molecular weight is 706 g/mol. The molecule has 0 spiro atoms. The average Bonchev–Trinajstić information content (AvgIpc) is 3.97. The predicted molar refractivity (Wildman–Crippen MR) is 201 cm³/mol. The fraction of sp³-hybridized carbons (Fsp3) is 0.0263. The highest BCUT2D eigenvalue weighted by Gasteiger charge is 2.25. The third-order valence-corrected chi connectivity index (χ3v) is 11.9. The number of hydrogen-bond acceptors (Lipinski definition) is 11. The monoisotopic (exact) mass is 705 g/mol. The largest absolute Gasteiger partial charge is 0.444 e. The molecular formula is C38H19N5O4S3. The molecule has 0 aliphatic carbocycles. The molecule has 5 heterocycles. The minimum absolute atomic E-state index is 0.0438. The van der Waals surface area contributed by atoms with Crippen molar-refractivity contribution in [3.05, 3.63) is 135 Å². The molecule has 50 heavy (non-hydrogen) atoms. The van der Waals surface area contributed by atoms with Crippen LogP contribution in [0.1, 0.15) is 5.56 Å². The summed E-state index contributed by atoms with van der Waals surface area (Å²) in [6, 6.07) is 30.8. The third-order valence-electron chi connectivity index (χ3n) is 8.90. The molecule has 10 rings (SSSR count). The number of nitrogens with zero attached hydrogens (tertiary/aromatic N) is 5. The molecule has 0 aliphatic heterocycles. The number of pyridine rings is 1. The highest BCUT2D eigenvalue weighted by atomic mass is 32.1. The number of benzene rings is 4. The molecule has 0 saturated carbocycles. The topological polar surface area (TPSA) is 116 Å². The van der Waals surface area contributed by atoms with Crippen LogP contribution in [-0.2, 0) is 11.3 Å². The van der Waals surface area contributed by atoms with Crippen molar-refractivity contribution in [3.63, 3.8) is 0 Å². The van der Waals surface area contributed by atoms with Crippen LogP contribution >= 0.6 is 34.4 Å². The molecule has 0 amide bonds. The molecule has 0 N–H and O–H groups in total. The van der Waals surface area contributed by atoms with E-state index in [4.69, 9.17) is 4.74 Å².